The highest BCUT2D eigenvalue weighted by atomic mass is 32.3. The summed E-state index contributed by atoms with van der Waals surface area (Å²) in [5.41, 5.74) is -0.763. The van der Waals surface area contributed by atoms with E-state index in [1.165, 1.54) is 48.5 Å². The van der Waals surface area contributed by atoms with E-state index in [0.29, 0.717) is 11.1 Å². The summed E-state index contributed by atoms with van der Waals surface area (Å²) in [6, 6.07) is 30.1. The van der Waals surface area contributed by atoms with Crippen molar-refractivity contribution >= 4 is 25.6 Å². The van der Waals surface area contributed by atoms with Crippen LogP contribution in [-0.2, 0) is 29.9 Å². The van der Waals surface area contributed by atoms with Gasteiger partial charge in [-0.25, -0.2) is 16.8 Å². The van der Waals surface area contributed by atoms with E-state index in [1.807, 2.05) is 0 Å². The molecule has 1 aliphatic rings. The third-order valence-corrected chi connectivity index (χ3v) is 11.6. The van der Waals surface area contributed by atoms with Gasteiger partial charge in [0, 0.05) is 12.0 Å². The summed E-state index contributed by atoms with van der Waals surface area (Å²) in [6.07, 6.45) is -0.554. The summed E-state index contributed by atoms with van der Waals surface area (Å²) in [7, 11) is -8.92. The molecule has 0 saturated carbocycles. The summed E-state index contributed by atoms with van der Waals surface area (Å²) in [5.74, 6) is -0.439. The molecule has 1 atom stereocenters. The Morgan fingerprint density at radius 1 is 0.611 bits per heavy atom. The fraction of sp³-hybridized carbons (Fsp3) is 0.107. The van der Waals surface area contributed by atoms with Gasteiger partial charge in [0.15, 0.2) is 24.3 Å². The van der Waals surface area contributed by atoms with E-state index in [4.69, 9.17) is 4.74 Å². The Morgan fingerprint density at radius 2 is 1.06 bits per heavy atom. The highest BCUT2D eigenvalue weighted by Crippen LogP contribution is 2.49. The van der Waals surface area contributed by atoms with Crippen molar-refractivity contribution in [1.82, 2.24) is 0 Å². The minimum atomic E-state index is -4.46. The largest absolute Gasteiger partial charge is 0.425 e. The first kappa shape index (κ1) is 24.0. The van der Waals surface area contributed by atoms with Crippen LogP contribution in [0.25, 0.3) is 0 Å². The number of carbonyl (C=O) groups excluding carboxylic acids is 1. The van der Waals surface area contributed by atoms with Crippen LogP contribution in [0.4, 0.5) is 0 Å². The van der Waals surface area contributed by atoms with Crippen molar-refractivity contribution in [1.29, 1.82) is 0 Å². The lowest BCUT2D eigenvalue weighted by atomic mass is 9.73. The predicted molar refractivity (Wildman–Crippen MR) is 135 cm³/mol. The average molecular weight is 519 g/mol. The number of hydrogen-bond donors (Lipinski definition) is 0. The van der Waals surface area contributed by atoms with E-state index in [1.54, 1.807) is 66.7 Å². The minimum absolute atomic E-state index is 0.141. The number of fused-ring (bicyclic) bond motifs is 1. The van der Waals surface area contributed by atoms with Crippen molar-refractivity contribution in [3.63, 3.8) is 0 Å². The fourth-order valence-corrected chi connectivity index (χ4v) is 9.29. The van der Waals surface area contributed by atoms with Crippen LogP contribution in [0.1, 0.15) is 17.5 Å². The van der Waals surface area contributed by atoms with Gasteiger partial charge in [0.05, 0.1) is 9.79 Å². The lowest BCUT2D eigenvalue weighted by molar-refractivity contribution is -0.137. The van der Waals surface area contributed by atoms with Gasteiger partial charge in [0.1, 0.15) is 11.2 Å². The van der Waals surface area contributed by atoms with Gasteiger partial charge >= 0.3 is 5.97 Å². The Balaban J connectivity index is 1.78. The van der Waals surface area contributed by atoms with Crippen LogP contribution >= 0.6 is 0 Å². The van der Waals surface area contributed by atoms with Crippen LogP contribution in [-0.4, -0.2) is 27.4 Å². The first-order valence-electron chi connectivity index (χ1n) is 11.2. The van der Waals surface area contributed by atoms with E-state index in [9.17, 15) is 21.6 Å². The molecule has 0 radical (unpaired) electrons. The molecule has 6 nitrogen and oxygen atoms in total. The molecule has 1 aliphatic heterocycles. The second kappa shape index (κ2) is 9.04. The lowest BCUT2D eigenvalue weighted by Gasteiger charge is -2.31. The first-order chi connectivity index (χ1) is 17.3. The van der Waals surface area contributed by atoms with E-state index < -0.39 is 42.1 Å². The Bertz CT molecular complexity index is 1550. The normalized spacial score (nSPS) is 17.5. The second-order valence-electron chi connectivity index (χ2n) is 8.51. The van der Waals surface area contributed by atoms with Crippen molar-refractivity contribution in [2.75, 3.05) is 0 Å². The highest BCUT2D eigenvalue weighted by molar-refractivity contribution is 8.09. The number of ether oxygens (including phenoxy) is 1. The summed E-state index contributed by atoms with van der Waals surface area (Å²) in [5, 5.41) is 0. The van der Waals surface area contributed by atoms with Crippen molar-refractivity contribution in [2.24, 2.45) is 0 Å². The van der Waals surface area contributed by atoms with E-state index >= 15 is 0 Å². The van der Waals surface area contributed by atoms with E-state index in [2.05, 4.69) is 0 Å². The molecular weight excluding hydrogens is 496 g/mol. The summed E-state index contributed by atoms with van der Waals surface area (Å²) >= 11 is 0. The van der Waals surface area contributed by atoms with Crippen LogP contribution in [0.15, 0.2) is 125 Å². The maximum absolute atomic E-state index is 14.0. The van der Waals surface area contributed by atoms with E-state index in [-0.39, 0.29) is 15.5 Å². The standard InChI is InChI=1S/C28H22O6S2/c29-27-28(21-12-4-1-5-13-21,24-18-10-11-19-25(24)34-27)20-26(35(30,31)22-14-6-2-7-15-22)36(32,33)23-16-8-3-9-17-23/h1-19,26H,20H2/t28-/m1/s1. The Labute approximate surface area is 210 Å². The Morgan fingerprint density at radius 3 is 1.58 bits per heavy atom. The maximum Gasteiger partial charge on any atom is 0.326 e. The summed E-state index contributed by atoms with van der Waals surface area (Å²) in [6.45, 7) is 0. The minimum Gasteiger partial charge on any atom is -0.425 e. The summed E-state index contributed by atoms with van der Waals surface area (Å²) < 4.78 is 59.6. The molecule has 5 rings (SSSR count). The third kappa shape index (κ3) is 3.83. The van der Waals surface area contributed by atoms with Gasteiger partial charge in [-0.05, 0) is 35.9 Å². The fourth-order valence-electron chi connectivity index (χ4n) is 4.67. The number of esters is 1. The smallest absolute Gasteiger partial charge is 0.326 e. The SMILES string of the molecule is O=C1Oc2ccccc2[C@@]1(CC(S(=O)(=O)c1ccccc1)S(=O)(=O)c1ccccc1)c1ccccc1. The van der Waals surface area contributed by atoms with E-state index in [0.717, 1.165) is 0 Å². The Hall–Kier alpha value is -3.75. The van der Waals surface area contributed by atoms with Gasteiger partial charge in [0.2, 0.25) is 0 Å². The molecule has 0 aliphatic carbocycles. The van der Waals surface area contributed by atoms with Crippen LogP contribution in [0, 0.1) is 0 Å². The lowest BCUT2D eigenvalue weighted by Crippen LogP contribution is -2.43. The van der Waals surface area contributed by atoms with Crippen LogP contribution in [0.2, 0.25) is 0 Å². The van der Waals surface area contributed by atoms with Crippen LogP contribution in [0.3, 0.4) is 0 Å². The number of hydrogen-bond acceptors (Lipinski definition) is 6. The molecule has 4 aromatic rings. The molecule has 4 aromatic carbocycles. The maximum atomic E-state index is 14.0. The van der Waals surface area contributed by atoms with Crippen molar-refractivity contribution in [3.05, 3.63) is 126 Å². The topological polar surface area (TPSA) is 94.6 Å². The molecule has 0 amide bonds. The number of para-hydroxylation sites is 1. The van der Waals surface area contributed by atoms with Gasteiger partial charge in [-0.1, -0.05) is 84.9 Å². The van der Waals surface area contributed by atoms with Gasteiger partial charge in [-0.3, -0.25) is 4.79 Å². The number of rotatable bonds is 7. The molecule has 0 fully saturated rings. The zero-order chi connectivity index (χ0) is 25.4. The quantitative estimate of drug-likeness (QED) is 0.263. The van der Waals surface area contributed by atoms with Gasteiger partial charge in [0.25, 0.3) is 0 Å². The molecule has 182 valence electrons. The molecule has 0 spiro atoms. The zero-order valence-corrected chi connectivity index (χ0v) is 20.7. The number of benzene rings is 4. The molecule has 0 aromatic heterocycles. The second-order valence-corrected chi connectivity index (χ2v) is 13.1. The van der Waals surface area contributed by atoms with Crippen molar-refractivity contribution < 1.29 is 26.4 Å². The van der Waals surface area contributed by atoms with Gasteiger partial charge < -0.3 is 4.74 Å². The van der Waals surface area contributed by atoms with Crippen LogP contribution < -0.4 is 4.74 Å². The average Bonchev–Trinajstić information content (AvgIpc) is 3.20. The molecule has 0 N–H and O–H groups in total. The van der Waals surface area contributed by atoms with Gasteiger partial charge in [-0.15, -0.1) is 0 Å². The summed E-state index contributed by atoms with van der Waals surface area (Å²) in [4.78, 5) is 13.3. The molecule has 0 bridgehead atoms. The molecular formula is C28H22O6S2. The molecule has 0 unspecified atom stereocenters. The monoisotopic (exact) mass is 518 g/mol. The molecule has 36 heavy (non-hydrogen) atoms. The molecule has 0 saturated heterocycles. The number of carbonyl (C=O) groups is 1. The zero-order valence-electron chi connectivity index (χ0n) is 19.0. The Kier molecular flexibility index (Phi) is 6.02. The van der Waals surface area contributed by atoms with Crippen molar-refractivity contribution in [2.45, 2.75) is 26.2 Å². The number of sulfone groups is 2. The molecule has 8 heteroatoms. The highest BCUT2D eigenvalue weighted by Gasteiger charge is 2.56. The van der Waals surface area contributed by atoms with Crippen LogP contribution in [0.5, 0.6) is 5.75 Å². The van der Waals surface area contributed by atoms with Gasteiger partial charge in [-0.2, -0.15) is 0 Å². The molecule has 1 heterocycles. The third-order valence-electron chi connectivity index (χ3n) is 6.47. The first-order valence-corrected chi connectivity index (χ1v) is 14.3. The predicted octanol–water partition coefficient (Wildman–Crippen LogP) is 4.56. The van der Waals surface area contributed by atoms with Crippen molar-refractivity contribution in [3.8, 4) is 5.75 Å².